The lowest BCUT2D eigenvalue weighted by Gasteiger charge is -2.18. The van der Waals surface area contributed by atoms with Crippen LogP contribution in [0.25, 0.3) is 11.3 Å². The fraction of sp³-hybridized carbons (Fsp3) is 0.200. The quantitative estimate of drug-likeness (QED) is 0.744. The number of benzene rings is 2. The van der Waals surface area contributed by atoms with Gasteiger partial charge in [-0.3, -0.25) is 4.79 Å². The lowest BCUT2D eigenvalue weighted by atomic mass is 10.1. The van der Waals surface area contributed by atoms with E-state index in [0.29, 0.717) is 53.4 Å². The number of hydrogen-bond donors (Lipinski definition) is 1. The second-order valence-corrected chi connectivity index (χ2v) is 6.33. The smallest absolute Gasteiger partial charge is 0.231 e. The van der Waals surface area contributed by atoms with Crippen molar-refractivity contribution in [2.75, 3.05) is 25.3 Å². The third-order valence-corrected chi connectivity index (χ3v) is 4.38. The highest BCUT2D eigenvalue weighted by Crippen LogP contribution is 2.36. The number of nitrogens with one attached hydrogen (secondary N) is 1. The predicted octanol–water partition coefficient (Wildman–Crippen LogP) is 3.02. The number of rotatable bonds is 4. The molecular formula is C20H16N2O6. The van der Waals surface area contributed by atoms with E-state index in [4.69, 9.17) is 23.5 Å². The van der Waals surface area contributed by atoms with Crippen molar-refractivity contribution >= 4 is 11.6 Å². The zero-order chi connectivity index (χ0) is 18.9. The van der Waals surface area contributed by atoms with Crippen LogP contribution in [-0.4, -0.2) is 31.1 Å². The summed E-state index contributed by atoms with van der Waals surface area (Å²) >= 11 is 0. The van der Waals surface area contributed by atoms with Crippen LogP contribution in [0.2, 0.25) is 0 Å². The minimum atomic E-state index is -0.206. The lowest BCUT2D eigenvalue weighted by Crippen LogP contribution is -2.17. The number of aromatic nitrogens is 1. The number of ether oxygens (including phenoxy) is 4. The number of carbonyl (C=O) groups excluding carboxylic acids is 1. The minimum absolute atomic E-state index is 0.0858. The van der Waals surface area contributed by atoms with Gasteiger partial charge in [0.25, 0.3) is 0 Å². The summed E-state index contributed by atoms with van der Waals surface area (Å²) in [5.41, 5.74) is 1.96. The highest BCUT2D eigenvalue weighted by molar-refractivity contribution is 5.92. The van der Waals surface area contributed by atoms with Gasteiger partial charge in [0.1, 0.15) is 13.2 Å². The molecule has 0 fully saturated rings. The molecule has 2 aliphatic rings. The van der Waals surface area contributed by atoms with Crippen molar-refractivity contribution in [3.05, 3.63) is 48.2 Å². The van der Waals surface area contributed by atoms with Gasteiger partial charge in [0.2, 0.25) is 12.7 Å². The van der Waals surface area contributed by atoms with Crippen molar-refractivity contribution in [3.63, 3.8) is 0 Å². The van der Waals surface area contributed by atoms with Crippen LogP contribution in [0.1, 0.15) is 5.69 Å². The van der Waals surface area contributed by atoms with Gasteiger partial charge in [-0.15, -0.1) is 0 Å². The number of fused-ring (bicyclic) bond motifs is 2. The first-order valence-electron chi connectivity index (χ1n) is 8.80. The zero-order valence-corrected chi connectivity index (χ0v) is 14.8. The number of anilines is 1. The van der Waals surface area contributed by atoms with Crippen LogP contribution >= 0.6 is 0 Å². The molecule has 1 N–H and O–H groups in total. The Morgan fingerprint density at radius 3 is 2.57 bits per heavy atom. The molecule has 5 rings (SSSR count). The number of hydrogen-bond acceptors (Lipinski definition) is 7. The molecule has 2 aromatic carbocycles. The summed E-state index contributed by atoms with van der Waals surface area (Å²) in [6, 6.07) is 12.5. The number of carbonyl (C=O) groups is 1. The topological polar surface area (TPSA) is 92.1 Å². The molecule has 0 aliphatic carbocycles. The molecule has 0 radical (unpaired) electrons. The Morgan fingerprint density at radius 2 is 1.64 bits per heavy atom. The van der Waals surface area contributed by atoms with Crippen molar-refractivity contribution in [1.29, 1.82) is 0 Å². The molecule has 3 aromatic rings. The predicted molar refractivity (Wildman–Crippen MR) is 97.8 cm³/mol. The van der Waals surface area contributed by atoms with Crippen molar-refractivity contribution in [1.82, 2.24) is 5.16 Å². The van der Waals surface area contributed by atoms with Gasteiger partial charge >= 0.3 is 0 Å². The van der Waals surface area contributed by atoms with E-state index in [1.165, 1.54) is 0 Å². The van der Waals surface area contributed by atoms with E-state index in [2.05, 4.69) is 10.5 Å². The van der Waals surface area contributed by atoms with Crippen LogP contribution in [0.15, 0.2) is 47.0 Å². The lowest BCUT2D eigenvalue weighted by molar-refractivity contribution is -0.115. The molecule has 1 amide bonds. The standard InChI is InChI=1S/C20H16N2O6/c23-20(21-13-2-4-15-19(8-13)25-6-5-24-15)10-14-9-17(28-22-14)12-1-3-16-18(7-12)27-11-26-16/h1-4,7-9H,5-6,10-11H2,(H,21,23). The first kappa shape index (κ1) is 16.5. The van der Waals surface area contributed by atoms with Gasteiger partial charge in [-0.1, -0.05) is 5.16 Å². The Labute approximate surface area is 159 Å². The fourth-order valence-corrected chi connectivity index (χ4v) is 3.07. The average Bonchev–Trinajstić information content (AvgIpc) is 3.36. The molecule has 0 saturated carbocycles. The van der Waals surface area contributed by atoms with Crippen LogP contribution in [0.4, 0.5) is 5.69 Å². The Balaban J connectivity index is 1.26. The van der Waals surface area contributed by atoms with Crippen LogP contribution in [0, 0.1) is 0 Å². The molecular weight excluding hydrogens is 364 g/mol. The maximum absolute atomic E-state index is 12.3. The molecule has 142 valence electrons. The second-order valence-electron chi connectivity index (χ2n) is 6.33. The Kier molecular flexibility index (Phi) is 4.01. The van der Waals surface area contributed by atoms with Gasteiger partial charge in [-0.25, -0.2) is 0 Å². The summed E-state index contributed by atoms with van der Waals surface area (Å²) in [6.45, 7) is 1.23. The fourth-order valence-electron chi connectivity index (χ4n) is 3.07. The molecule has 0 bridgehead atoms. The SMILES string of the molecule is O=C(Cc1cc(-c2ccc3c(c2)OCO3)on1)Nc1ccc2c(c1)OCCO2. The molecule has 8 nitrogen and oxygen atoms in total. The van der Waals surface area contributed by atoms with Crippen LogP contribution in [0.3, 0.4) is 0 Å². The third kappa shape index (κ3) is 3.20. The molecule has 0 unspecified atom stereocenters. The molecule has 8 heteroatoms. The van der Waals surface area contributed by atoms with E-state index in [9.17, 15) is 4.79 Å². The van der Waals surface area contributed by atoms with E-state index in [1.807, 2.05) is 18.2 Å². The van der Waals surface area contributed by atoms with Crippen molar-refractivity contribution in [2.24, 2.45) is 0 Å². The van der Waals surface area contributed by atoms with Gasteiger partial charge in [0.15, 0.2) is 28.8 Å². The molecule has 0 atom stereocenters. The van der Waals surface area contributed by atoms with Crippen molar-refractivity contribution < 1.29 is 28.3 Å². The zero-order valence-electron chi connectivity index (χ0n) is 14.8. The molecule has 1 aromatic heterocycles. The summed E-state index contributed by atoms with van der Waals surface area (Å²) in [6.07, 6.45) is 0.0858. The second kappa shape index (κ2) is 6.80. The maximum Gasteiger partial charge on any atom is 0.231 e. The summed E-state index contributed by atoms with van der Waals surface area (Å²) in [5, 5.41) is 6.82. The van der Waals surface area contributed by atoms with Gasteiger partial charge in [-0.2, -0.15) is 0 Å². The van der Waals surface area contributed by atoms with Crippen LogP contribution in [0.5, 0.6) is 23.0 Å². The normalized spacial score (nSPS) is 14.0. The molecule has 0 saturated heterocycles. The van der Waals surface area contributed by atoms with E-state index < -0.39 is 0 Å². The maximum atomic E-state index is 12.3. The van der Waals surface area contributed by atoms with E-state index in [-0.39, 0.29) is 19.1 Å². The molecule has 0 spiro atoms. The molecule has 28 heavy (non-hydrogen) atoms. The molecule has 2 aliphatic heterocycles. The van der Waals surface area contributed by atoms with Gasteiger partial charge in [0.05, 0.1) is 12.1 Å². The number of nitrogens with zero attached hydrogens (tertiary/aromatic N) is 1. The average molecular weight is 380 g/mol. The number of amides is 1. The first-order valence-corrected chi connectivity index (χ1v) is 8.80. The van der Waals surface area contributed by atoms with Crippen molar-refractivity contribution in [3.8, 4) is 34.3 Å². The van der Waals surface area contributed by atoms with E-state index in [1.54, 1.807) is 24.3 Å². The Hall–Kier alpha value is -3.68. The minimum Gasteiger partial charge on any atom is -0.486 e. The summed E-state index contributed by atoms with van der Waals surface area (Å²) in [5.74, 6) is 3.00. The summed E-state index contributed by atoms with van der Waals surface area (Å²) in [7, 11) is 0. The highest BCUT2D eigenvalue weighted by Gasteiger charge is 2.17. The van der Waals surface area contributed by atoms with Gasteiger partial charge in [-0.05, 0) is 30.3 Å². The Morgan fingerprint density at radius 1 is 0.893 bits per heavy atom. The molecule has 3 heterocycles. The van der Waals surface area contributed by atoms with Gasteiger partial charge < -0.3 is 28.8 Å². The largest absolute Gasteiger partial charge is 0.486 e. The van der Waals surface area contributed by atoms with Crippen LogP contribution in [-0.2, 0) is 11.2 Å². The summed E-state index contributed by atoms with van der Waals surface area (Å²) in [4.78, 5) is 12.3. The van der Waals surface area contributed by atoms with Crippen LogP contribution < -0.4 is 24.3 Å². The highest BCUT2D eigenvalue weighted by atomic mass is 16.7. The Bertz CT molecular complexity index is 1040. The monoisotopic (exact) mass is 380 g/mol. The van der Waals surface area contributed by atoms with Gasteiger partial charge in [0, 0.05) is 23.4 Å². The third-order valence-electron chi connectivity index (χ3n) is 4.38. The summed E-state index contributed by atoms with van der Waals surface area (Å²) < 4.78 is 27.0. The van der Waals surface area contributed by atoms with E-state index in [0.717, 1.165) is 5.56 Å². The first-order chi connectivity index (χ1) is 13.7. The van der Waals surface area contributed by atoms with E-state index >= 15 is 0 Å². The van der Waals surface area contributed by atoms with Crippen molar-refractivity contribution in [2.45, 2.75) is 6.42 Å².